The first-order valence-corrected chi connectivity index (χ1v) is 9.79. The minimum atomic E-state index is -3.28. The zero-order chi connectivity index (χ0) is 16.3. The van der Waals surface area contributed by atoms with E-state index in [-0.39, 0.29) is 11.8 Å². The summed E-state index contributed by atoms with van der Waals surface area (Å²) in [5.74, 6) is 0.544. The summed E-state index contributed by atoms with van der Waals surface area (Å²) in [5.41, 5.74) is 1.82. The van der Waals surface area contributed by atoms with Gasteiger partial charge in [0.15, 0.2) is 0 Å². The standard InChI is InChI=1S/C17H23N3O2S/c1-14(19-23(21,22)13-15-7-2-3-8-15)16-9-4-5-10-17(16)20-12-6-11-18-20/h4-6,9-12,14-15,19H,2-3,7-8,13H2,1H3. The number of benzene rings is 1. The topological polar surface area (TPSA) is 64.0 Å². The second-order valence-corrected chi connectivity index (χ2v) is 8.08. The molecule has 1 aromatic heterocycles. The highest BCUT2D eigenvalue weighted by Gasteiger charge is 2.25. The highest BCUT2D eigenvalue weighted by Crippen LogP contribution is 2.27. The van der Waals surface area contributed by atoms with Crippen molar-refractivity contribution in [2.75, 3.05) is 5.75 Å². The summed E-state index contributed by atoms with van der Waals surface area (Å²) >= 11 is 0. The molecule has 0 saturated heterocycles. The molecule has 1 aromatic carbocycles. The van der Waals surface area contributed by atoms with Crippen LogP contribution in [0.5, 0.6) is 0 Å². The number of hydrogen-bond acceptors (Lipinski definition) is 3. The van der Waals surface area contributed by atoms with Gasteiger partial charge in [-0.15, -0.1) is 0 Å². The van der Waals surface area contributed by atoms with Gasteiger partial charge in [0.1, 0.15) is 0 Å². The summed E-state index contributed by atoms with van der Waals surface area (Å²) in [4.78, 5) is 0. The van der Waals surface area contributed by atoms with Crippen LogP contribution in [0.4, 0.5) is 0 Å². The molecule has 0 bridgehead atoms. The Labute approximate surface area is 137 Å². The minimum Gasteiger partial charge on any atom is -0.241 e. The van der Waals surface area contributed by atoms with Crippen molar-refractivity contribution in [1.82, 2.24) is 14.5 Å². The van der Waals surface area contributed by atoms with E-state index >= 15 is 0 Å². The Hall–Kier alpha value is -1.66. The van der Waals surface area contributed by atoms with Crippen LogP contribution in [0.1, 0.15) is 44.2 Å². The van der Waals surface area contributed by atoms with Gasteiger partial charge >= 0.3 is 0 Å². The molecule has 0 radical (unpaired) electrons. The van der Waals surface area contributed by atoms with Crippen LogP contribution in [-0.4, -0.2) is 24.0 Å². The zero-order valence-electron chi connectivity index (χ0n) is 13.4. The molecule has 1 unspecified atom stereocenters. The fourth-order valence-corrected chi connectivity index (χ4v) is 5.06. The van der Waals surface area contributed by atoms with Crippen LogP contribution in [0.25, 0.3) is 5.69 Å². The average Bonchev–Trinajstić information content (AvgIpc) is 3.19. The number of rotatable bonds is 6. The summed E-state index contributed by atoms with van der Waals surface area (Å²) < 4.78 is 29.5. The van der Waals surface area contributed by atoms with Crippen molar-refractivity contribution in [3.8, 4) is 5.69 Å². The van der Waals surface area contributed by atoms with Crippen molar-refractivity contribution in [3.05, 3.63) is 48.3 Å². The van der Waals surface area contributed by atoms with Crippen LogP contribution >= 0.6 is 0 Å². The van der Waals surface area contributed by atoms with Gasteiger partial charge in [-0.2, -0.15) is 5.10 Å². The third-order valence-electron chi connectivity index (χ3n) is 4.44. The second-order valence-electron chi connectivity index (χ2n) is 6.28. The monoisotopic (exact) mass is 333 g/mol. The van der Waals surface area contributed by atoms with Crippen LogP contribution in [0, 0.1) is 5.92 Å². The molecule has 1 aliphatic carbocycles. The van der Waals surface area contributed by atoms with E-state index in [4.69, 9.17) is 0 Å². The van der Waals surface area contributed by atoms with E-state index in [0.29, 0.717) is 5.92 Å². The van der Waals surface area contributed by atoms with Gasteiger partial charge in [0.2, 0.25) is 10.0 Å². The summed E-state index contributed by atoms with van der Waals surface area (Å²) in [7, 11) is -3.28. The average molecular weight is 333 g/mol. The quantitative estimate of drug-likeness (QED) is 0.884. The van der Waals surface area contributed by atoms with E-state index in [1.54, 1.807) is 10.9 Å². The summed E-state index contributed by atoms with van der Waals surface area (Å²) in [6.45, 7) is 1.88. The number of nitrogens with one attached hydrogen (secondary N) is 1. The molecular formula is C17H23N3O2S. The van der Waals surface area contributed by atoms with Crippen molar-refractivity contribution >= 4 is 10.0 Å². The molecule has 2 aromatic rings. The van der Waals surface area contributed by atoms with Crippen LogP contribution in [0.15, 0.2) is 42.7 Å². The molecular weight excluding hydrogens is 310 g/mol. The van der Waals surface area contributed by atoms with Gasteiger partial charge in [0.05, 0.1) is 11.4 Å². The predicted molar refractivity (Wildman–Crippen MR) is 90.9 cm³/mol. The highest BCUT2D eigenvalue weighted by molar-refractivity contribution is 7.89. The first-order chi connectivity index (χ1) is 11.1. The summed E-state index contributed by atoms with van der Waals surface area (Å²) in [5, 5.41) is 4.25. The Morgan fingerprint density at radius 2 is 2.00 bits per heavy atom. The number of hydrogen-bond donors (Lipinski definition) is 1. The van der Waals surface area contributed by atoms with Gasteiger partial charge in [-0.25, -0.2) is 17.8 Å². The smallest absolute Gasteiger partial charge is 0.212 e. The molecule has 1 fully saturated rings. The summed E-state index contributed by atoms with van der Waals surface area (Å²) in [6, 6.07) is 9.31. The SMILES string of the molecule is CC(NS(=O)(=O)CC1CCCC1)c1ccccc1-n1cccn1. The number of para-hydroxylation sites is 1. The normalized spacial score (nSPS) is 17.4. The predicted octanol–water partition coefficient (Wildman–Crippen LogP) is 3.04. The largest absolute Gasteiger partial charge is 0.241 e. The maximum absolute atomic E-state index is 12.4. The number of aromatic nitrogens is 2. The third-order valence-corrected chi connectivity index (χ3v) is 6.06. The van der Waals surface area contributed by atoms with Crippen LogP contribution in [0.2, 0.25) is 0 Å². The first kappa shape index (κ1) is 16.2. The van der Waals surface area contributed by atoms with E-state index in [9.17, 15) is 8.42 Å². The molecule has 1 atom stereocenters. The Bertz CT molecular complexity index is 735. The van der Waals surface area contributed by atoms with E-state index in [1.165, 1.54) is 0 Å². The first-order valence-electron chi connectivity index (χ1n) is 8.14. The van der Waals surface area contributed by atoms with Gasteiger partial charge in [0.25, 0.3) is 0 Å². The van der Waals surface area contributed by atoms with E-state index in [1.807, 2.05) is 43.5 Å². The third kappa shape index (κ3) is 4.00. The fraction of sp³-hybridized carbons (Fsp3) is 0.471. The lowest BCUT2D eigenvalue weighted by Crippen LogP contribution is -2.32. The molecule has 6 heteroatoms. The van der Waals surface area contributed by atoms with E-state index in [0.717, 1.165) is 36.9 Å². The van der Waals surface area contributed by atoms with Gasteiger partial charge in [-0.3, -0.25) is 0 Å². The van der Waals surface area contributed by atoms with Crippen molar-refractivity contribution in [3.63, 3.8) is 0 Å². The van der Waals surface area contributed by atoms with Crippen molar-refractivity contribution in [2.24, 2.45) is 5.92 Å². The molecule has 23 heavy (non-hydrogen) atoms. The van der Waals surface area contributed by atoms with Crippen molar-refractivity contribution in [1.29, 1.82) is 0 Å². The Balaban J connectivity index is 1.77. The molecule has 5 nitrogen and oxygen atoms in total. The van der Waals surface area contributed by atoms with E-state index in [2.05, 4.69) is 9.82 Å². The zero-order valence-corrected chi connectivity index (χ0v) is 14.2. The number of sulfonamides is 1. The van der Waals surface area contributed by atoms with Gasteiger partial charge in [-0.1, -0.05) is 31.0 Å². The lowest BCUT2D eigenvalue weighted by Gasteiger charge is -2.19. The molecule has 0 aliphatic heterocycles. The lowest BCUT2D eigenvalue weighted by atomic mass is 10.1. The molecule has 1 aliphatic rings. The van der Waals surface area contributed by atoms with Crippen molar-refractivity contribution in [2.45, 2.75) is 38.6 Å². The molecule has 0 spiro atoms. The second kappa shape index (κ2) is 6.84. The lowest BCUT2D eigenvalue weighted by molar-refractivity contribution is 0.537. The highest BCUT2D eigenvalue weighted by atomic mass is 32.2. The van der Waals surface area contributed by atoms with Crippen LogP contribution in [-0.2, 0) is 10.0 Å². The fourth-order valence-electron chi connectivity index (χ4n) is 3.34. The maximum Gasteiger partial charge on any atom is 0.212 e. The molecule has 1 N–H and O–H groups in total. The van der Waals surface area contributed by atoms with Crippen LogP contribution in [0.3, 0.4) is 0 Å². The minimum absolute atomic E-state index is 0.237. The Kier molecular flexibility index (Phi) is 4.82. The Morgan fingerprint density at radius 1 is 1.26 bits per heavy atom. The van der Waals surface area contributed by atoms with Gasteiger partial charge in [-0.05, 0) is 43.4 Å². The molecule has 1 saturated carbocycles. The molecule has 1 heterocycles. The Morgan fingerprint density at radius 3 is 2.70 bits per heavy atom. The van der Waals surface area contributed by atoms with Gasteiger partial charge in [0, 0.05) is 18.4 Å². The molecule has 0 amide bonds. The molecule has 124 valence electrons. The van der Waals surface area contributed by atoms with Crippen LogP contribution < -0.4 is 4.72 Å². The maximum atomic E-state index is 12.4. The van der Waals surface area contributed by atoms with Crippen molar-refractivity contribution < 1.29 is 8.42 Å². The van der Waals surface area contributed by atoms with Gasteiger partial charge < -0.3 is 0 Å². The van der Waals surface area contributed by atoms with E-state index < -0.39 is 10.0 Å². The molecule has 3 rings (SSSR count). The number of nitrogens with zero attached hydrogens (tertiary/aromatic N) is 2. The summed E-state index contributed by atoms with van der Waals surface area (Å²) in [6.07, 6.45) is 7.93.